The van der Waals surface area contributed by atoms with Crippen LogP contribution in [0.1, 0.15) is 36.3 Å². The van der Waals surface area contributed by atoms with Crippen LogP contribution in [-0.2, 0) is 9.53 Å². The Hall–Kier alpha value is -3.43. The van der Waals surface area contributed by atoms with Crippen LogP contribution in [0.25, 0.3) is 16.8 Å². The lowest BCUT2D eigenvalue weighted by Crippen LogP contribution is -2.41. The van der Waals surface area contributed by atoms with E-state index in [1.54, 1.807) is 40.9 Å². The van der Waals surface area contributed by atoms with Crippen molar-refractivity contribution < 1.29 is 31.9 Å². The summed E-state index contributed by atoms with van der Waals surface area (Å²) in [4.78, 5) is 28.4. The molecule has 2 heterocycles. The fraction of sp³-hybridized carbons (Fsp3) is 0.318. The van der Waals surface area contributed by atoms with Crippen molar-refractivity contribution in [3.05, 3.63) is 60.3 Å². The summed E-state index contributed by atoms with van der Waals surface area (Å²) in [6.45, 7) is 0. The number of benzene rings is 1. The second kappa shape index (κ2) is 8.60. The van der Waals surface area contributed by atoms with Crippen LogP contribution in [0.4, 0.5) is 17.6 Å². The molecular weight excluding hydrogens is 430 g/mol. The molecule has 6 nitrogen and oxygen atoms in total. The smallest absolute Gasteiger partial charge is 0.456 e. The maximum Gasteiger partial charge on any atom is 0.490 e. The molecule has 0 saturated heterocycles. The number of fused-ring (bicyclic) bond motifs is 1. The van der Waals surface area contributed by atoms with Gasteiger partial charge in [-0.05, 0) is 62.1 Å². The molecule has 3 aromatic rings. The van der Waals surface area contributed by atoms with Gasteiger partial charge in [0.15, 0.2) is 0 Å². The first-order valence-electron chi connectivity index (χ1n) is 10.0. The first-order chi connectivity index (χ1) is 15.2. The Balaban J connectivity index is 1.46. The van der Waals surface area contributed by atoms with Crippen molar-refractivity contribution in [2.24, 2.45) is 0 Å². The summed E-state index contributed by atoms with van der Waals surface area (Å²) in [5, 5.41) is 2.86. The molecule has 0 radical (unpaired) electrons. The molecule has 1 aromatic carbocycles. The number of nitrogens with zero attached hydrogens (tertiary/aromatic N) is 2. The van der Waals surface area contributed by atoms with E-state index in [-0.39, 0.29) is 30.5 Å². The van der Waals surface area contributed by atoms with Crippen molar-refractivity contribution in [2.45, 2.75) is 44.0 Å². The third-order valence-electron chi connectivity index (χ3n) is 5.38. The number of rotatable bonds is 4. The Kier molecular flexibility index (Phi) is 5.86. The quantitative estimate of drug-likeness (QED) is 0.477. The summed E-state index contributed by atoms with van der Waals surface area (Å²) in [5.41, 5.74) is 1.85. The molecule has 0 unspecified atom stereocenters. The number of aromatic nitrogens is 2. The van der Waals surface area contributed by atoms with Crippen molar-refractivity contribution in [1.29, 1.82) is 0 Å². The van der Waals surface area contributed by atoms with Crippen molar-refractivity contribution in [3.8, 4) is 11.3 Å². The Morgan fingerprint density at radius 3 is 2.38 bits per heavy atom. The number of alkyl halides is 3. The highest BCUT2D eigenvalue weighted by molar-refractivity contribution is 5.94. The molecule has 1 N–H and O–H groups in total. The predicted molar refractivity (Wildman–Crippen MR) is 106 cm³/mol. The summed E-state index contributed by atoms with van der Waals surface area (Å²) < 4.78 is 56.5. The molecule has 10 heteroatoms. The van der Waals surface area contributed by atoms with Crippen LogP contribution in [0.2, 0.25) is 0 Å². The summed E-state index contributed by atoms with van der Waals surface area (Å²) in [6, 6.07) is 10.8. The summed E-state index contributed by atoms with van der Waals surface area (Å²) in [7, 11) is 0. The summed E-state index contributed by atoms with van der Waals surface area (Å²) in [5.74, 6) is -2.87. The Morgan fingerprint density at radius 2 is 1.72 bits per heavy atom. The van der Waals surface area contributed by atoms with Crippen molar-refractivity contribution in [2.75, 3.05) is 0 Å². The number of carbonyl (C=O) groups excluding carboxylic acids is 2. The van der Waals surface area contributed by atoms with Crippen LogP contribution < -0.4 is 5.32 Å². The second-order valence-electron chi connectivity index (χ2n) is 7.60. The van der Waals surface area contributed by atoms with E-state index in [1.165, 1.54) is 12.1 Å². The number of imidazole rings is 1. The van der Waals surface area contributed by atoms with E-state index in [4.69, 9.17) is 0 Å². The average Bonchev–Trinajstić information content (AvgIpc) is 3.15. The largest absolute Gasteiger partial charge is 0.490 e. The zero-order chi connectivity index (χ0) is 22.9. The second-order valence-corrected chi connectivity index (χ2v) is 7.60. The molecule has 1 saturated carbocycles. The van der Waals surface area contributed by atoms with E-state index < -0.39 is 24.2 Å². The van der Waals surface area contributed by atoms with E-state index in [9.17, 15) is 27.2 Å². The number of pyridine rings is 1. The Morgan fingerprint density at radius 1 is 1.03 bits per heavy atom. The summed E-state index contributed by atoms with van der Waals surface area (Å²) >= 11 is 0. The molecular formula is C22H19F4N3O3. The van der Waals surface area contributed by atoms with E-state index in [1.807, 2.05) is 0 Å². The van der Waals surface area contributed by atoms with E-state index in [0.717, 1.165) is 0 Å². The lowest BCUT2D eigenvalue weighted by Gasteiger charge is -2.28. The maximum atomic E-state index is 13.3. The minimum atomic E-state index is -5.02. The van der Waals surface area contributed by atoms with Crippen LogP contribution in [0.15, 0.2) is 48.7 Å². The number of hydrogen-bond acceptors (Lipinski definition) is 4. The molecule has 32 heavy (non-hydrogen) atoms. The molecule has 2 aromatic heterocycles. The maximum absolute atomic E-state index is 13.3. The lowest BCUT2D eigenvalue weighted by molar-refractivity contribution is -0.206. The predicted octanol–water partition coefficient (Wildman–Crippen LogP) is 4.29. The van der Waals surface area contributed by atoms with Crippen molar-refractivity contribution >= 4 is 17.4 Å². The number of esters is 1. The highest BCUT2D eigenvalue weighted by Gasteiger charge is 2.42. The van der Waals surface area contributed by atoms with E-state index in [2.05, 4.69) is 15.0 Å². The van der Waals surface area contributed by atoms with Crippen molar-refractivity contribution in [1.82, 2.24) is 14.7 Å². The van der Waals surface area contributed by atoms with Gasteiger partial charge in [0.2, 0.25) is 5.82 Å². The van der Waals surface area contributed by atoms with Gasteiger partial charge in [0, 0.05) is 17.8 Å². The van der Waals surface area contributed by atoms with Gasteiger partial charge in [-0.1, -0.05) is 6.07 Å². The molecule has 0 bridgehead atoms. The first kappa shape index (κ1) is 21.8. The van der Waals surface area contributed by atoms with Crippen molar-refractivity contribution in [3.63, 3.8) is 0 Å². The zero-order valence-electron chi connectivity index (χ0n) is 16.7. The van der Waals surface area contributed by atoms with Gasteiger partial charge >= 0.3 is 12.1 Å². The van der Waals surface area contributed by atoms with Gasteiger partial charge < -0.3 is 10.1 Å². The summed E-state index contributed by atoms with van der Waals surface area (Å²) in [6.07, 6.45) is -2.97. The number of amides is 1. The number of halogens is 4. The average molecular weight is 449 g/mol. The van der Waals surface area contributed by atoms with E-state index in [0.29, 0.717) is 29.6 Å². The zero-order valence-corrected chi connectivity index (χ0v) is 16.7. The van der Waals surface area contributed by atoms with Crippen LogP contribution in [0.3, 0.4) is 0 Å². The van der Waals surface area contributed by atoms with Gasteiger partial charge in [0.05, 0.1) is 11.2 Å². The van der Waals surface area contributed by atoms with Gasteiger partial charge in [-0.2, -0.15) is 13.2 Å². The highest BCUT2D eigenvalue weighted by Crippen LogP contribution is 2.27. The molecule has 0 spiro atoms. The van der Waals surface area contributed by atoms with Crippen LogP contribution in [0.5, 0.6) is 0 Å². The molecule has 0 aliphatic heterocycles. The number of nitrogens with one attached hydrogen (secondary N) is 1. The number of carbonyl (C=O) groups is 2. The minimum absolute atomic E-state index is 0.144. The van der Waals surface area contributed by atoms with Gasteiger partial charge in [0.25, 0.3) is 5.91 Å². The lowest BCUT2D eigenvalue weighted by atomic mass is 9.93. The van der Waals surface area contributed by atoms with Crippen LogP contribution in [0, 0.1) is 5.82 Å². The number of ether oxygens (including phenoxy) is 1. The molecule has 1 aliphatic carbocycles. The number of hydrogen-bond donors (Lipinski definition) is 1. The van der Waals surface area contributed by atoms with Gasteiger partial charge in [0.1, 0.15) is 11.9 Å². The minimum Gasteiger partial charge on any atom is -0.456 e. The standard InChI is InChI=1S/C22H19F4N3O3/c23-14-6-4-13(5-7-14)18-17-3-1-2-12-29(17)19(28-18)20(30)27-15-8-10-16(11-9-15)32-21(31)22(24,25)26/h1-7,12,15-16H,8-11H2,(H,27,30). The van der Waals surface area contributed by atoms with Gasteiger partial charge in [-0.3, -0.25) is 9.20 Å². The normalized spacial score (nSPS) is 19.0. The highest BCUT2D eigenvalue weighted by atomic mass is 19.4. The Labute approximate surface area is 180 Å². The molecule has 4 rings (SSSR count). The topological polar surface area (TPSA) is 72.7 Å². The third kappa shape index (κ3) is 4.58. The van der Waals surface area contributed by atoms with Crippen LogP contribution in [-0.4, -0.2) is 39.6 Å². The fourth-order valence-electron chi connectivity index (χ4n) is 3.81. The third-order valence-corrected chi connectivity index (χ3v) is 5.38. The molecule has 1 fully saturated rings. The monoisotopic (exact) mass is 449 g/mol. The SMILES string of the molecule is O=C(NC1CCC(OC(=O)C(F)(F)F)CC1)c1nc(-c2ccc(F)cc2)c2ccccn12. The van der Waals surface area contributed by atoms with Gasteiger partial charge in [-0.15, -0.1) is 0 Å². The molecule has 168 valence electrons. The van der Waals surface area contributed by atoms with Crippen LogP contribution >= 0.6 is 0 Å². The molecule has 1 aliphatic rings. The fourth-order valence-corrected chi connectivity index (χ4v) is 3.81. The van der Waals surface area contributed by atoms with Gasteiger partial charge in [-0.25, -0.2) is 14.2 Å². The first-order valence-corrected chi connectivity index (χ1v) is 10.0. The van der Waals surface area contributed by atoms with E-state index >= 15 is 0 Å². The molecule has 0 atom stereocenters. The Bertz CT molecular complexity index is 1130. The molecule has 1 amide bonds.